The van der Waals surface area contributed by atoms with Crippen LogP contribution in [-0.4, -0.2) is 84.5 Å². The molecule has 0 radical (unpaired) electrons. The minimum atomic E-state index is -0.472. The fraction of sp³-hybridized carbons (Fsp3) is 0.444. The van der Waals surface area contributed by atoms with Crippen LogP contribution in [0.1, 0.15) is 79.9 Å². The molecule has 0 bridgehead atoms. The number of thiazole rings is 1. The number of carbonyl (C=O) groups excluding carboxylic acids is 1. The number of hydrogen-bond donors (Lipinski definition) is 2. The molecule has 302 valence electrons. The molecular formula is C45H52N8O4S. The van der Waals surface area contributed by atoms with Gasteiger partial charge in [-0.3, -0.25) is 9.69 Å². The quantitative estimate of drug-likeness (QED) is 0.114. The summed E-state index contributed by atoms with van der Waals surface area (Å²) in [6.45, 7) is 17.3. The van der Waals surface area contributed by atoms with E-state index in [1.54, 1.807) is 17.4 Å². The zero-order chi connectivity index (χ0) is 40.1. The minimum absolute atomic E-state index is 0.00811. The van der Waals surface area contributed by atoms with Crippen molar-refractivity contribution in [3.05, 3.63) is 107 Å². The van der Waals surface area contributed by atoms with Crippen molar-refractivity contribution in [1.82, 2.24) is 40.0 Å². The summed E-state index contributed by atoms with van der Waals surface area (Å²) in [7, 11) is 0. The van der Waals surface area contributed by atoms with E-state index in [9.17, 15) is 9.90 Å². The van der Waals surface area contributed by atoms with Crippen LogP contribution in [0.5, 0.6) is 5.88 Å². The van der Waals surface area contributed by atoms with Gasteiger partial charge in [0.05, 0.1) is 33.3 Å². The number of benzene rings is 1. The van der Waals surface area contributed by atoms with Crippen LogP contribution in [-0.2, 0) is 11.3 Å². The fourth-order valence-electron chi connectivity index (χ4n) is 9.48. The lowest BCUT2D eigenvalue weighted by atomic mass is 9.91. The van der Waals surface area contributed by atoms with Crippen molar-refractivity contribution >= 4 is 33.9 Å². The Bertz CT molecular complexity index is 2380. The smallest absolute Gasteiger partial charge is 0.254 e. The molecule has 4 aromatic heterocycles. The lowest BCUT2D eigenvalue weighted by Gasteiger charge is -2.31. The second kappa shape index (κ2) is 15.8. The second-order valence-electron chi connectivity index (χ2n) is 16.7. The number of piperidine rings is 1. The Morgan fingerprint density at radius 1 is 1.09 bits per heavy atom. The molecule has 2 saturated heterocycles. The number of likely N-dealkylation sites (tertiary alicyclic amines) is 2. The molecule has 4 unspecified atom stereocenters. The molecule has 13 heteroatoms. The molecule has 0 spiro atoms. The number of amides is 1. The first-order valence-corrected chi connectivity index (χ1v) is 21.5. The van der Waals surface area contributed by atoms with E-state index in [0.717, 1.165) is 84.6 Å². The van der Waals surface area contributed by atoms with Crippen molar-refractivity contribution in [2.24, 2.45) is 17.8 Å². The van der Waals surface area contributed by atoms with Crippen LogP contribution in [0.2, 0.25) is 0 Å². The van der Waals surface area contributed by atoms with Gasteiger partial charge in [0.1, 0.15) is 23.8 Å². The molecule has 6 heterocycles. The largest absolute Gasteiger partial charge is 0.508 e. The number of aryl methyl sites for hydroxylation is 2. The van der Waals surface area contributed by atoms with Crippen molar-refractivity contribution in [1.29, 1.82) is 0 Å². The molecule has 5 aromatic rings. The SMILES string of the molecule is C=C(NCc1ccc(-c2scnc2C)cc1)C1CCCN1C(=O)C(c1cc(OCCN2CC3C(C2)C3n2c(C)cc3nnc(C4=CCCC=C4O)cc32)no1)C(C)C. The number of nitrogens with zero attached hydrogens (tertiary/aromatic N) is 7. The zero-order valence-corrected chi connectivity index (χ0v) is 34.5. The van der Waals surface area contributed by atoms with Gasteiger partial charge < -0.3 is 29.2 Å². The Balaban J connectivity index is 0.769. The van der Waals surface area contributed by atoms with Gasteiger partial charge in [-0.05, 0) is 91.8 Å². The summed E-state index contributed by atoms with van der Waals surface area (Å²) < 4.78 is 14.3. The molecular weight excluding hydrogens is 749 g/mol. The molecule has 2 aliphatic carbocycles. The summed E-state index contributed by atoms with van der Waals surface area (Å²) in [5.41, 5.74) is 10.8. The Morgan fingerprint density at radius 2 is 1.88 bits per heavy atom. The van der Waals surface area contributed by atoms with Gasteiger partial charge in [0.2, 0.25) is 5.91 Å². The van der Waals surface area contributed by atoms with E-state index in [-0.39, 0.29) is 23.6 Å². The predicted octanol–water partition coefficient (Wildman–Crippen LogP) is 7.99. The first kappa shape index (κ1) is 38.3. The topological polar surface area (TPSA) is 135 Å². The summed E-state index contributed by atoms with van der Waals surface area (Å²) in [5, 5.41) is 27.2. The van der Waals surface area contributed by atoms with E-state index < -0.39 is 5.92 Å². The maximum atomic E-state index is 14.2. The highest BCUT2D eigenvalue weighted by Gasteiger charge is 2.57. The Morgan fingerprint density at radius 3 is 2.62 bits per heavy atom. The van der Waals surface area contributed by atoms with Gasteiger partial charge in [0.25, 0.3) is 5.88 Å². The highest BCUT2D eigenvalue weighted by atomic mass is 32.1. The average Bonchev–Trinajstić information content (AvgIpc) is 3.92. The number of nitrogens with one attached hydrogen (secondary N) is 1. The maximum absolute atomic E-state index is 14.2. The van der Waals surface area contributed by atoms with E-state index in [2.05, 4.69) is 85.0 Å². The highest BCUT2D eigenvalue weighted by molar-refractivity contribution is 7.13. The maximum Gasteiger partial charge on any atom is 0.254 e. The summed E-state index contributed by atoms with van der Waals surface area (Å²) in [5.74, 6) is 1.94. The fourth-order valence-corrected chi connectivity index (χ4v) is 10.3. The Labute approximate surface area is 343 Å². The molecule has 1 amide bonds. The number of rotatable bonds is 14. The molecule has 9 rings (SSSR count). The number of hydrogen-bond acceptors (Lipinski definition) is 11. The van der Waals surface area contributed by atoms with Crippen molar-refractivity contribution in [3.63, 3.8) is 0 Å². The molecule has 4 atom stereocenters. The van der Waals surface area contributed by atoms with Crippen LogP contribution in [0.4, 0.5) is 0 Å². The lowest BCUT2D eigenvalue weighted by Crippen LogP contribution is -2.43. The van der Waals surface area contributed by atoms with E-state index in [1.165, 1.54) is 16.1 Å². The number of aliphatic hydroxyl groups is 1. The number of allylic oxidation sites excluding steroid dienone is 3. The molecule has 58 heavy (non-hydrogen) atoms. The van der Waals surface area contributed by atoms with Gasteiger partial charge in [-0.25, -0.2) is 4.98 Å². The van der Waals surface area contributed by atoms with Gasteiger partial charge in [0, 0.05) is 61.8 Å². The molecule has 2 N–H and O–H groups in total. The Kier molecular flexibility index (Phi) is 10.4. The Hall–Kier alpha value is -5.27. The van der Waals surface area contributed by atoms with Gasteiger partial charge in [-0.2, -0.15) is 0 Å². The summed E-state index contributed by atoms with van der Waals surface area (Å²) in [4.78, 5) is 24.2. The molecule has 3 fully saturated rings. The van der Waals surface area contributed by atoms with Crippen LogP contribution < -0.4 is 10.1 Å². The number of aromatic nitrogens is 5. The predicted molar refractivity (Wildman–Crippen MR) is 225 cm³/mol. The highest BCUT2D eigenvalue weighted by Crippen LogP contribution is 2.56. The minimum Gasteiger partial charge on any atom is -0.508 e. The van der Waals surface area contributed by atoms with Gasteiger partial charge in [-0.1, -0.05) is 50.8 Å². The van der Waals surface area contributed by atoms with Gasteiger partial charge in [0.15, 0.2) is 5.76 Å². The monoisotopic (exact) mass is 800 g/mol. The van der Waals surface area contributed by atoms with Crippen molar-refractivity contribution < 1.29 is 19.2 Å². The standard InChI is InChI=1S/C45H52N8O4S/c1-26(2)42(45(55)52-16-8-10-37(52)28(4)46-22-30-12-14-31(15-13-30)44-29(5)47-25-58-44)40-21-41(50-57-40)56-18-17-51-23-33-34(24-51)43(33)53-27(3)19-36-38(53)20-35(48-49-36)32-9-6-7-11-39(32)54/h9,11-15,19-21,25-26,33-34,37,42-43,46,54H,4,6-8,10,16-18,22-24H2,1-3,5H3. The van der Waals surface area contributed by atoms with Crippen molar-refractivity contribution in [2.75, 3.05) is 32.8 Å². The first-order valence-electron chi connectivity index (χ1n) is 20.6. The third-order valence-corrected chi connectivity index (χ3v) is 13.5. The van der Waals surface area contributed by atoms with Gasteiger partial charge >= 0.3 is 0 Å². The van der Waals surface area contributed by atoms with Crippen LogP contribution in [0.3, 0.4) is 0 Å². The number of aliphatic hydroxyl groups excluding tert-OH is 1. The molecule has 12 nitrogen and oxygen atoms in total. The third-order valence-electron chi connectivity index (χ3n) is 12.5. The summed E-state index contributed by atoms with van der Waals surface area (Å²) in [6.07, 6.45) is 7.43. The van der Waals surface area contributed by atoms with Crippen LogP contribution in [0.15, 0.2) is 82.7 Å². The van der Waals surface area contributed by atoms with Crippen molar-refractivity contribution in [3.8, 4) is 16.3 Å². The molecule has 1 aromatic carbocycles. The molecule has 1 saturated carbocycles. The van der Waals surface area contributed by atoms with E-state index >= 15 is 0 Å². The van der Waals surface area contributed by atoms with Crippen LogP contribution in [0.25, 0.3) is 27.0 Å². The normalized spacial score (nSPS) is 22.3. The van der Waals surface area contributed by atoms with E-state index in [4.69, 9.17) is 9.26 Å². The van der Waals surface area contributed by atoms with E-state index in [0.29, 0.717) is 49.2 Å². The summed E-state index contributed by atoms with van der Waals surface area (Å²) >= 11 is 1.66. The average molecular weight is 801 g/mol. The third kappa shape index (κ3) is 7.34. The van der Waals surface area contributed by atoms with Gasteiger partial charge in [-0.15, -0.1) is 21.5 Å². The molecule has 2 aliphatic heterocycles. The number of ether oxygens (including phenoxy) is 1. The van der Waals surface area contributed by atoms with Crippen molar-refractivity contribution in [2.45, 2.75) is 77.9 Å². The number of carbonyl (C=O) groups is 1. The van der Waals surface area contributed by atoms with E-state index in [1.807, 2.05) is 43.3 Å². The van der Waals surface area contributed by atoms with Crippen LogP contribution in [0, 0.1) is 31.6 Å². The lowest BCUT2D eigenvalue weighted by molar-refractivity contribution is -0.134. The number of fused-ring (bicyclic) bond motifs is 2. The zero-order valence-electron chi connectivity index (χ0n) is 33.7. The molecule has 4 aliphatic rings. The van der Waals surface area contributed by atoms with Crippen LogP contribution >= 0.6 is 11.3 Å². The first-order chi connectivity index (χ1) is 28.1. The second-order valence-corrected chi connectivity index (χ2v) is 17.5. The summed E-state index contributed by atoms with van der Waals surface area (Å²) in [6, 6.07) is 14.9.